The molecule has 0 bridgehead atoms. The van der Waals surface area contributed by atoms with Crippen LogP contribution >= 0.6 is 0 Å². The van der Waals surface area contributed by atoms with Gasteiger partial charge in [0.25, 0.3) is 0 Å². The molecule has 0 fully saturated rings. The van der Waals surface area contributed by atoms with E-state index in [1.54, 1.807) is 29.0 Å². The Hall–Kier alpha value is -2.67. The number of benzene rings is 2. The van der Waals surface area contributed by atoms with Gasteiger partial charge in [-0.3, -0.25) is 0 Å². The van der Waals surface area contributed by atoms with Crippen LogP contribution in [-0.4, -0.2) is 4.57 Å². The molecule has 0 radical (unpaired) electrons. The molecule has 0 amide bonds. The van der Waals surface area contributed by atoms with Crippen molar-refractivity contribution in [1.29, 1.82) is 5.26 Å². The highest BCUT2D eigenvalue weighted by molar-refractivity contribution is 5.81. The number of rotatable bonds is 2. The van der Waals surface area contributed by atoms with Gasteiger partial charge in [-0.25, -0.2) is 8.78 Å². The van der Waals surface area contributed by atoms with Crippen LogP contribution in [-0.2, 0) is 6.54 Å². The molecule has 0 N–H and O–H groups in total. The zero-order valence-electron chi connectivity index (χ0n) is 10.5. The molecule has 3 aromatic rings. The van der Waals surface area contributed by atoms with Crippen molar-refractivity contribution >= 4 is 10.9 Å². The van der Waals surface area contributed by atoms with Crippen LogP contribution in [0.5, 0.6) is 0 Å². The molecule has 2 aromatic carbocycles. The van der Waals surface area contributed by atoms with Gasteiger partial charge in [0.2, 0.25) is 0 Å². The third kappa shape index (κ3) is 2.04. The highest BCUT2D eigenvalue weighted by Crippen LogP contribution is 2.20. The maximum Gasteiger partial charge on any atom is 0.163 e. The monoisotopic (exact) mass is 268 g/mol. The van der Waals surface area contributed by atoms with Crippen molar-refractivity contribution in [2.24, 2.45) is 0 Å². The standard InChI is InChI=1S/C16H10F2N2/c17-14-3-1-2-13(16(14)18)10-20-7-6-12-5-4-11(9-19)8-15(12)20/h1-8H,10H2. The molecule has 0 aliphatic rings. The van der Waals surface area contributed by atoms with Gasteiger partial charge in [0.1, 0.15) is 0 Å². The van der Waals surface area contributed by atoms with Gasteiger partial charge >= 0.3 is 0 Å². The molecule has 0 saturated carbocycles. The summed E-state index contributed by atoms with van der Waals surface area (Å²) in [6.45, 7) is 0.224. The molecule has 0 spiro atoms. The fourth-order valence-electron chi connectivity index (χ4n) is 2.25. The highest BCUT2D eigenvalue weighted by Gasteiger charge is 2.09. The molecule has 2 nitrogen and oxygen atoms in total. The van der Waals surface area contributed by atoms with Gasteiger partial charge in [0.05, 0.1) is 18.2 Å². The molecular weight excluding hydrogens is 258 g/mol. The quantitative estimate of drug-likeness (QED) is 0.694. The number of fused-ring (bicyclic) bond motifs is 1. The van der Waals surface area contributed by atoms with Gasteiger partial charge in [0.15, 0.2) is 11.6 Å². The Balaban J connectivity index is 2.07. The lowest BCUT2D eigenvalue weighted by Crippen LogP contribution is -2.02. The average molecular weight is 268 g/mol. The molecule has 0 unspecified atom stereocenters. The Bertz CT molecular complexity index is 828. The lowest BCUT2D eigenvalue weighted by atomic mass is 10.1. The molecule has 0 aliphatic carbocycles. The molecule has 0 atom stereocenters. The van der Waals surface area contributed by atoms with E-state index in [4.69, 9.17) is 5.26 Å². The highest BCUT2D eigenvalue weighted by atomic mass is 19.2. The molecular formula is C16H10F2N2. The Labute approximate surface area is 114 Å². The molecule has 1 aromatic heterocycles. The summed E-state index contributed by atoms with van der Waals surface area (Å²) in [5.74, 6) is -1.68. The fourth-order valence-corrected chi connectivity index (χ4v) is 2.25. The molecule has 0 saturated heterocycles. The van der Waals surface area contributed by atoms with Crippen LogP contribution in [0, 0.1) is 23.0 Å². The summed E-state index contributed by atoms with van der Waals surface area (Å²) in [5.41, 5.74) is 1.65. The van der Waals surface area contributed by atoms with Crippen molar-refractivity contribution in [3.63, 3.8) is 0 Å². The van der Waals surface area contributed by atoms with Crippen molar-refractivity contribution < 1.29 is 8.78 Å². The van der Waals surface area contributed by atoms with Crippen LogP contribution in [0.15, 0.2) is 48.7 Å². The summed E-state index contributed by atoms with van der Waals surface area (Å²) in [7, 11) is 0. The SMILES string of the molecule is N#Cc1ccc2ccn(Cc3cccc(F)c3F)c2c1. The minimum absolute atomic E-state index is 0.224. The first-order valence-corrected chi connectivity index (χ1v) is 6.11. The van der Waals surface area contributed by atoms with Crippen LogP contribution in [0.3, 0.4) is 0 Å². The summed E-state index contributed by atoms with van der Waals surface area (Å²) >= 11 is 0. The van der Waals surface area contributed by atoms with E-state index in [9.17, 15) is 8.78 Å². The molecule has 98 valence electrons. The summed E-state index contributed by atoms with van der Waals surface area (Å²) in [5, 5.41) is 9.89. The van der Waals surface area contributed by atoms with Gasteiger partial charge in [-0.05, 0) is 29.7 Å². The molecule has 3 rings (SSSR count). The van der Waals surface area contributed by atoms with Crippen molar-refractivity contribution in [3.8, 4) is 6.07 Å². The maximum absolute atomic E-state index is 13.7. The second-order valence-corrected chi connectivity index (χ2v) is 4.54. The second-order valence-electron chi connectivity index (χ2n) is 4.54. The Morgan fingerprint density at radius 1 is 1.10 bits per heavy atom. The van der Waals surface area contributed by atoms with E-state index in [1.165, 1.54) is 6.07 Å². The van der Waals surface area contributed by atoms with Gasteiger partial charge in [-0.15, -0.1) is 0 Å². The van der Waals surface area contributed by atoms with E-state index >= 15 is 0 Å². The van der Waals surface area contributed by atoms with E-state index in [0.29, 0.717) is 5.56 Å². The minimum Gasteiger partial charge on any atom is -0.343 e. The predicted octanol–water partition coefficient (Wildman–Crippen LogP) is 3.84. The molecule has 20 heavy (non-hydrogen) atoms. The Morgan fingerprint density at radius 2 is 1.95 bits per heavy atom. The van der Waals surface area contributed by atoms with Crippen LogP contribution in [0.2, 0.25) is 0 Å². The lowest BCUT2D eigenvalue weighted by molar-refractivity contribution is 0.496. The summed E-state index contributed by atoms with van der Waals surface area (Å²) < 4.78 is 28.7. The zero-order chi connectivity index (χ0) is 14.1. The number of hydrogen-bond acceptors (Lipinski definition) is 1. The van der Waals surface area contributed by atoms with E-state index in [1.807, 2.05) is 12.1 Å². The third-order valence-electron chi connectivity index (χ3n) is 3.28. The first-order valence-electron chi connectivity index (χ1n) is 6.11. The van der Waals surface area contributed by atoms with Gasteiger partial charge in [-0.2, -0.15) is 5.26 Å². The average Bonchev–Trinajstić information content (AvgIpc) is 2.86. The maximum atomic E-state index is 13.7. The largest absolute Gasteiger partial charge is 0.343 e. The first kappa shape index (κ1) is 12.4. The van der Waals surface area contributed by atoms with E-state index in [0.717, 1.165) is 17.0 Å². The molecule has 4 heteroatoms. The number of hydrogen-bond donors (Lipinski definition) is 0. The third-order valence-corrected chi connectivity index (χ3v) is 3.28. The normalized spacial score (nSPS) is 10.7. The second kappa shape index (κ2) is 4.78. The minimum atomic E-state index is -0.850. The van der Waals surface area contributed by atoms with Gasteiger partial charge in [0, 0.05) is 17.3 Å². The van der Waals surface area contributed by atoms with Crippen molar-refractivity contribution in [2.75, 3.05) is 0 Å². The van der Waals surface area contributed by atoms with Gasteiger partial charge in [-0.1, -0.05) is 18.2 Å². The molecule has 0 aliphatic heterocycles. The number of nitriles is 1. The van der Waals surface area contributed by atoms with Crippen LogP contribution < -0.4 is 0 Å². The Morgan fingerprint density at radius 3 is 2.75 bits per heavy atom. The smallest absolute Gasteiger partial charge is 0.163 e. The number of halogens is 2. The summed E-state index contributed by atoms with van der Waals surface area (Å²) in [6.07, 6.45) is 1.80. The molecule has 1 heterocycles. The summed E-state index contributed by atoms with van der Waals surface area (Å²) in [4.78, 5) is 0. The van der Waals surface area contributed by atoms with Gasteiger partial charge < -0.3 is 4.57 Å². The van der Waals surface area contributed by atoms with Crippen LogP contribution in [0.1, 0.15) is 11.1 Å². The first-order chi connectivity index (χ1) is 9.69. The topological polar surface area (TPSA) is 28.7 Å². The van der Waals surface area contributed by atoms with Crippen LogP contribution in [0.25, 0.3) is 10.9 Å². The Kier molecular flexibility index (Phi) is 2.96. The lowest BCUT2D eigenvalue weighted by Gasteiger charge is -2.07. The predicted molar refractivity (Wildman–Crippen MR) is 72.1 cm³/mol. The van der Waals surface area contributed by atoms with E-state index < -0.39 is 11.6 Å². The zero-order valence-corrected chi connectivity index (χ0v) is 10.5. The fraction of sp³-hybridized carbons (Fsp3) is 0.0625. The van der Waals surface area contributed by atoms with Crippen molar-refractivity contribution in [3.05, 3.63) is 71.4 Å². The van der Waals surface area contributed by atoms with E-state index in [-0.39, 0.29) is 12.1 Å². The summed E-state index contributed by atoms with van der Waals surface area (Å²) in [6, 6.07) is 13.4. The number of aromatic nitrogens is 1. The van der Waals surface area contributed by atoms with Crippen molar-refractivity contribution in [1.82, 2.24) is 4.57 Å². The van der Waals surface area contributed by atoms with Crippen molar-refractivity contribution in [2.45, 2.75) is 6.54 Å². The van der Waals surface area contributed by atoms with Crippen LogP contribution in [0.4, 0.5) is 8.78 Å². The van der Waals surface area contributed by atoms with E-state index in [2.05, 4.69) is 6.07 Å². The number of nitrogens with zero attached hydrogens (tertiary/aromatic N) is 2.